The molecule has 2 aliphatic carbocycles. The fraction of sp³-hybridized carbons (Fsp3) is 0.565. The summed E-state index contributed by atoms with van der Waals surface area (Å²) in [5.41, 5.74) is -1.53. The van der Waals surface area contributed by atoms with Gasteiger partial charge in [-0.15, -0.1) is 6.58 Å². The number of carbonyl (C=O) groups excluding carboxylic acids is 2. The molecule has 4 rings (SSSR count). The zero-order valence-corrected chi connectivity index (χ0v) is 18.2. The SMILES string of the molecule is C=CCC12CC(=O)C(OC(C)=O)C(OC)(C(c3cc(OC)c4c(c3)OCO4)C1C)C2O. The minimum atomic E-state index is -1.47. The van der Waals surface area contributed by atoms with Crippen LogP contribution in [0.4, 0.5) is 0 Å². The molecule has 8 nitrogen and oxygen atoms in total. The average Bonchev–Trinajstić information content (AvgIpc) is 3.25. The summed E-state index contributed by atoms with van der Waals surface area (Å²) < 4.78 is 28.1. The first-order valence-corrected chi connectivity index (χ1v) is 10.3. The summed E-state index contributed by atoms with van der Waals surface area (Å²) >= 11 is 0. The van der Waals surface area contributed by atoms with E-state index < -0.39 is 35.1 Å². The molecule has 0 saturated heterocycles. The van der Waals surface area contributed by atoms with E-state index in [1.54, 1.807) is 12.1 Å². The van der Waals surface area contributed by atoms with Gasteiger partial charge in [0.05, 0.1) is 13.2 Å². The molecule has 1 N–H and O–H groups in total. The van der Waals surface area contributed by atoms with Crippen molar-refractivity contribution in [3.63, 3.8) is 0 Å². The lowest BCUT2D eigenvalue weighted by Gasteiger charge is -2.47. The number of carbonyl (C=O) groups is 2. The molecule has 1 aromatic rings. The molecule has 2 bridgehead atoms. The number of methoxy groups -OCH3 is 2. The van der Waals surface area contributed by atoms with Gasteiger partial charge in [-0.05, 0) is 30.0 Å². The summed E-state index contributed by atoms with van der Waals surface area (Å²) in [5, 5.41) is 11.7. The second-order valence-electron chi connectivity index (χ2n) is 8.54. The van der Waals surface area contributed by atoms with Crippen LogP contribution >= 0.6 is 0 Å². The van der Waals surface area contributed by atoms with E-state index in [0.29, 0.717) is 23.7 Å². The van der Waals surface area contributed by atoms with Gasteiger partial charge in [0.15, 0.2) is 23.4 Å². The Balaban J connectivity index is 1.95. The van der Waals surface area contributed by atoms with E-state index in [1.165, 1.54) is 21.1 Å². The molecule has 0 radical (unpaired) electrons. The number of ether oxygens (including phenoxy) is 5. The van der Waals surface area contributed by atoms with Crippen LogP contribution < -0.4 is 14.2 Å². The van der Waals surface area contributed by atoms with E-state index in [2.05, 4.69) is 6.58 Å². The number of Topliss-reactive ketones (excluding diaryl/α,β-unsaturated/α-hetero) is 1. The van der Waals surface area contributed by atoms with Gasteiger partial charge in [0.1, 0.15) is 5.60 Å². The summed E-state index contributed by atoms with van der Waals surface area (Å²) in [6.45, 7) is 7.14. The lowest BCUT2D eigenvalue weighted by molar-refractivity contribution is -0.211. The van der Waals surface area contributed by atoms with Crippen LogP contribution in [-0.2, 0) is 19.1 Å². The number of aliphatic hydroxyl groups is 1. The van der Waals surface area contributed by atoms with Crippen molar-refractivity contribution in [3.8, 4) is 17.2 Å². The summed E-state index contributed by atoms with van der Waals surface area (Å²) in [4.78, 5) is 25.1. The third-order valence-electron chi connectivity index (χ3n) is 7.27. The molecule has 1 aliphatic heterocycles. The van der Waals surface area contributed by atoms with Crippen molar-refractivity contribution in [1.82, 2.24) is 0 Å². The highest BCUT2D eigenvalue weighted by Gasteiger charge is 2.75. The molecule has 2 saturated carbocycles. The third kappa shape index (κ3) is 2.81. The van der Waals surface area contributed by atoms with Crippen LogP contribution in [0, 0.1) is 11.3 Å². The van der Waals surface area contributed by atoms with Gasteiger partial charge in [-0.1, -0.05) is 13.0 Å². The summed E-state index contributed by atoms with van der Waals surface area (Å²) in [6.07, 6.45) is -0.127. The Morgan fingerprint density at radius 1 is 1.35 bits per heavy atom. The number of hydrogen-bond donors (Lipinski definition) is 1. The molecule has 0 aromatic heterocycles. The van der Waals surface area contributed by atoms with Gasteiger partial charge < -0.3 is 28.8 Å². The molecule has 6 atom stereocenters. The highest BCUT2D eigenvalue weighted by atomic mass is 16.7. The van der Waals surface area contributed by atoms with Crippen LogP contribution in [0.5, 0.6) is 17.2 Å². The molecule has 1 heterocycles. The van der Waals surface area contributed by atoms with Gasteiger partial charge in [-0.3, -0.25) is 9.59 Å². The Morgan fingerprint density at radius 2 is 2.10 bits per heavy atom. The van der Waals surface area contributed by atoms with Gasteiger partial charge in [0.25, 0.3) is 0 Å². The lowest BCUT2D eigenvalue weighted by Crippen LogP contribution is -2.64. The van der Waals surface area contributed by atoms with Crippen LogP contribution in [0.2, 0.25) is 0 Å². The van der Waals surface area contributed by atoms with Crippen molar-refractivity contribution >= 4 is 11.8 Å². The predicted octanol–water partition coefficient (Wildman–Crippen LogP) is 2.37. The monoisotopic (exact) mass is 432 g/mol. The molecule has 168 valence electrons. The third-order valence-corrected chi connectivity index (χ3v) is 7.27. The standard InChI is InChI=1S/C23H28O8/c1-6-7-22-10-15(25)20(31-13(3)24)23(28-5,21(22)26)18(12(22)2)14-8-16(27-4)19-17(9-14)29-11-30-19/h6,8-9,12,18,20-21,26H,1,7,10-11H2,2-5H3. The quantitative estimate of drug-likeness (QED) is 0.540. The van der Waals surface area contributed by atoms with Crippen LogP contribution in [0.3, 0.4) is 0 Å². The maximum atomic E-state index is 13.2. The minimum absolute atomic E-state index is 0.0581. The van der Waals surface area contributed by atoms with Crippen molar-refractivity contribution in [1.29, 1.82) is 0 Å². The van der Waals surface area contributed by atoms with Gasteiger partial charge in [0, 0.05) is 31.8 Å². The number of esters is 1. The van der Waals surface area contributed by atoms with Gasteiger partial charge in [0.2, 0.25) is 12.5 Å². The first kappa shape index (κ1) is 21.6. The Kier molecular flexibility index (Phi) is 5.26. The second kappa shape index (κ2) is 7.53. The van der Waals surface area contributed by atoms with Crippen LogP contribution in [-0.4, -0.2) is 55.7 Å². The van der Waals surface area contributed by atoms with E-state index in [4.69, 9.17) is 23.7 Å². The van der Waals surface area contributed by atoms with Gasteiger partial charge in [-0.2, -0.15) is 0 Å². The Labute approximate surface area is 181 Å². The first-order chi connectivity index (χ1) is 14.8. The number of aliphatic hydroxyl groups excluding tert-OH is 1. The number of rotatable bonds is 6. The molecule has 31 heavy (non-hydrogen) atoms. The summed E-state index contributed by atoms with van der Waals surface area (Å²) in [7, 11) is 2.97. The Bertz CT molecular complexity index is 926. The van der Waals surface area contributed by atoms with E-state index in [-0.39, 0.29) is 24.9 Å². The van der Waals surface area contributed by atoms with E-state index in [0.717, 1.165) is 5.56 Å². The average molecular weight is 432 g/mol. The molecule has 1 aromatic carbocycles. The second-order valence-corrected chi connectivity index (χ2v) is 8.54. The number of hydrogen-bond acceptors (Lipinski definition) is 8. The molecule has 6 unspecified atom stereocenters. The van der Waals surface area contributed by atoms with Crippen molar-refractivity contribution in [2.45, 2.75) is 50.4 Å². The van der Waals surface area contributed by atoms with Crippen molar-refractivity contribution in [2.24, 2.45) is 11.3 Å². The Hall–Kier alpha value is -2.58. The van der Waals surface area contributed by atoms with Crippen molar-refractivity contribution in [3.05, 3.63) is 30.4 Å². The smallest absolute Gasteiger partial charge is 0.303 e. The zero-order valence-electron chi connectivity index (χ0n) is 18.2. The number of benzene rings is 1. The van der Waals surface area contributed by atoms with E-state index in [1.807, 2.05) is 13.0 Å². The molecule has 0 amide bonds. The summed E-state index contributed by atoms with van der Waals surface area (Å²) in [6, 6.07) is 3.62. The zero-order chi connectivity index (χ0) is 22.6. The predicted molar refractivity (Wildman–Crippen MR) is 109 cm³/mol. The molecule has 2 fully saturated rings. The van der Waals surface area contributed by atoms with E-state index in [9.17, 15) is 14.7 Å². The number of fused-ring (bicyclic) bond motifs is 3. The fourth-order valence-electron chi connectivity index (χ4n) is 6.01. The van der Waals surface area contributed by atoms with Crippen LogP contribution in [0.15, 0.2) is 24.8 Å². The van der Waals surface area contributed by atoms with Gasteiger partial charge in [-0.25, -0.2) is 0 Å². The topological polar surface area (TPSA) is 101 Å². The van der Waals surface area contributed by atoms with Crippen molar-refractivity contribution < 1.29 is 38.4 Å². The van der Waals surface area contributed by atoms with Crippen LogP contribution in [0.1, 0.15) is 38.2 Å². The molecule has 3 aliphatic rings. The maximum Gasteiger partial charge on any atom is 0.303 e. The highest BCUT2D eigenvalue weighted by molar-refractivity contribution is 5.90. The largest absolute Gasteiger partial charge is 0.493 e. The fourth-order valence-corrected chi connectivity index (χ4v) is 6.01. The first-order valence-electron chi connectivity index (χ1n) is 10.3. The van der Waals surface area contributed by atoms with Crippen LogP contribution in [0.25, 0.3) is 0 Å². The maximum absolute atomic E-state index is 13.2. The lowest BCUT2D eigenvalue weighted by atomic mass is 9.65. The normalized spacial score (nSPS) is 35.7. The molecule has 0 spiro atoms. The summed E-state index contributed by atoms with van der Waals surface area (Å²) in [5.74, 6) is -0.0996. The number of allylic oxidation sites excluding steroid dienone is 1. The molecular weight excluding hydrogens is 404 g/mol. The number of ketones is 1. The highest BCUT2D eigenvalue weighted by Crippen LogP contribution is 2.66. The van der Waals surface area contributed by atoms with Crippen molar-refractivity contribution in [2.75, 3.05) is 21.0 Å². The molecular formula is C23H28O8. The van der Waals surface area contributed by atoms with E-state index >= 15 is 0 Å². The minimum Gasteiger partial charge on any atom is -0.493 e. The Morgan fingerprint density at radius 3 is 2.71 bits per heavy atom. The van der Waals surface area contributed by atoms with Gasteiger partial charge >= 0.3 is 5.97 Å². The molecule has 8 heteroatoms.